The van der Waals surface area contributed by atoms with Gasteiger partial charge in [0.1, 0.15) is 19.0 Å². The van der Waals surface area contributed by atoms with Crippen molar-refractivity contribution in [3.05, 3.63) is 86.9 Å². The molecule has 0 atom stereocenters. The number of carbonyl (C=O) groups is 1. The summed E-state index contributed by atoms with van der Waals surface area (Å²) in [6, 6.07) is 11.6. The molecule has 2 aromatic rings. The molecule has 0 spiro atoms. The van der Waals surface area contributed by atoms with Crippen LogP contribution in [0.15, 0.2) is 65.7 Å². The first kappa shape index (κ1) is 19.4. The van der Waals surface area contributed by atoms with Crippen LogP contribution in [0.3, 0.4) is 0 Å². The van der Waals surface area contributed by atoms with Gasteiger partial charge < -0.3 is 9.47 Å². The number of benzene rings is 2. The highest BCUT2D eigenvalue weighted by Gasteiger charge is 2.06. The molecule has 0 radical (unpaired) electrons. The van der Waals surface area contributed by atoms with Gasteiger partial charge in [-0.3, -0.25) is 10.1 Å². The third kappa shape index (κ3) is 5.86. The van der Waals surface area contributed by atoms with Crippen molar-refractivity contribution in [2.24, 2.45) is 0 Å². The number of nitrogens with zero attached hydrogens (tertiary/aromatic N) is 1. The Morgan fingerprint density at radius 3 is 2.58 bits per heavy atom. The average molecular weight is 418 g/mol. The number of esters is 1. The molecule has 0 amide bonds. The van der Waals surface area contributed by atoms with Crippen molar-refractivity contribution < 1.29 is 19.2 Å². The van der Waals surface area contributed by atoms with Crippen LogP contribution in [0.5, 0.6) is 5.75 Å². The van der Waals surface area contributed by atoms with Crippen LogP contribution in [0.2, 0.25) is 0 Å². The molecule has 134 valence electrons. The Labute approximate surface area is 159 Å². The van der Waals surface area contributed by atoms with Gasteiger partial charge in [0.15, 0.2) is 0 Å². The van der Waals surface area contributed by atoms with Gasteiger partial charge in [-0.05, 0) is 57.4 Å². The molecule has 0 fully saturated rings. The van der Waals surface area contributed by atoms with Gasteiger partial charge in [0.2, 0.25) is 0 Å². The quantitative estimate of drug-likeness (QED) is 0.205. The maximum atomic E-state index is 11.4. The van der Waals surface area contributed by atoms with E-state index in [0.29, 0.717) is 5.75 Å². The largest absolute Gasteiger partial charge is 0.488 e. The number of carbonyl (C=O) groups excluding carboxylic acids is 1. The molecule has 0 heterocycles. The second kappa shape index (κ2) is 9.53. The maximum Gasteiger partial charge on any atom is 0.331 e. The lowest BCUT2D eigenvalue weighted by Crippen LogP contribution is -1.99. The first-order chi connectivity index (χ1) is 12.5. The lowest BCUT2D eigenvalue weighted by Gasteiger charge is -2.09. The fourth-order valence-corrected chi connectivity index (χ4v) is 2.48. The van der Waals surface area contributed by atoms with Crippen LogP contribution in [0.1, 0.15) is 11.1 Å². The summed E-state index contributed by atoms with van der Waals surface area (Å²) in [7, 11) is 0. The second-order valence-electron chi connectivity index (χ2n) is 5.15. The molecule has 0 aliphatic carbocycles. The Morgan fingerprint density at radius 1 is 1.23 bits per heavy atom. The van der Waals surface area contributed by atoms with E-state index in [-0.39, 0.29) is 18.9 Å². The number of non-ortho nitro benzene ring substituents is 1. The Morgan fingerprint density at radius 2 is 1.96 bits per heavy atom. The molecule has 0 saturated heterocycles. The first-order valence-corrected chi connectivity index (χ1v) is 8.40. The predicted molar refractivity (Wildman–Crippen MR) is 102 cm³/mol. The summed E-state index contributed by atoms with van der Waals surface area (Å²) in [5.74, 6) is 0.175. The van der Waals surface area contributed by atoms with Crippen molar-refractivity contribution in [1.82, 2.24) is 0 Å². The molecule has 26 heavy (non-hydrogen) atoms. The van der Waals surface area contributed by atoms with Crippen LogP contribution in [0.25, 0.3) is 6.08 Å². The number of ether oxygens (including phenoxy) is 2. The summed E-state index contributed by atoms with van der Waals surface area (Å²) in [5, 5.41) is 10.6. The van der Waals surface area contributed by atoms with Crippen molar-refractivity contribution in [2.45, 2.75) is 6.61 Å². The minimum atomic E-state index is -0.445. The summed E-state index contributed by atoms with van der Waals surface area (Å²) in [6.07, 6.45) is 4.47. The molecule has 2 rings (SSSR count). The van der Waals surface area contributed by atoms with Gasteiger partial charge >= 0.3 is 5.97 Å². The Hall–Kier alpha value is -2.93. The summed E-state index contributed by atoms with van der Waals surface area (Å²) in [4.78, 5) is 21.6. The number of hydrogen-bond donors (Lipinski definition) is 0. The molecule has 0 bridgehead atoms. The monoisotopic (exact) mass is 417 g/mol. The van der Waals surface area contributed by atoms with Crippen LogP contribution >= 0.6 is 15.9 Å². The van der Waals surface area contributed by atoms with Crippen LogP contribution < -0.4 is 4.74 Å². The minimum absolute atomic E-state index is 0.0395. The van der Waals surface area contributed by atoms with Gasteiger partial charge in [0, 0.05) is 18.2 Å². The summed E-state index contributed by atoms with van der Waals surface area (Å²) in [5.41, 5.74) is 1.66. The highest BCUT2D eigenvalue weighted by Crippen LogP contribution is 2.27. The van der Waals surface area contributed by atoms with E-state index in [0.717, 1.165) is 15.6 Å². The molecule has 0 aliphatic rings. The van der Waals surface area contributed by atoms with Crippen molar-refractivity contribution in [1.29, 1.82) is 0 Å². The molecule has 7 heteroatoms. The van der Waals surface area contributed by atoms with E-state index < -0.39 is 10.9 Å². The SMILES string of the molecule is C=CCOC(=O)/C=C/c1ccc(OCc2ccc([N+](=O)[O-])cc2)c(Br)c1. The van der Waals surface area contributed by atoms with Crippen molar-refractivity contribution in [3.63, 3.8) is 0 Å². The minimum Gasteiger partial charge on any atom is -0.488 e. The van der Waals surface area contributed by atoms with Crippen molar-refractivity contribution in [3.8, 4) is 5.75 Å². The number of halogens is 1. The van der Waals surface area contributed by atoms with E-state index in [2.05, 4.69) is 22.5 Å². The summed E-state index contributed by atoms with van der Waals surface area (Å²) >= 11 is 3.42. The fourth-order valence-electron chi connectivity index (χ4n) is 1.97. The van der Waals surface area contributed by atoms with E-state index in [4.69, 9.17) is 9.47 Å². The Kier molecular flexibility index (Phi) is 7.11. The van der Waals surface area contributed by atoms with Crippen molar-refractivity contribution >= 4 is 33.7 Å². The molecule has 0 N–H and O–H groups in total. The molecule has 0 aromatic heterocycles. The van der Waals surface area contributed by atoms with Gasteiger partial charge in [0.25, 0.3) is 5.69 Å². The molecule has 2 aromatic carbocycles. The lowest BCUT2D eigenvalue weighted by atomic mass is 10.2. The molecular formula is C19H16BrNO5. The molecular weight excluding hydrogens is 402 g/mol. The zero-order valence-electron chi connectivity index (χ0n) is 13.8. The molecule has 0 saturated carbocycles. The third-order valence-electron chi connectivity index (χ3n) is 3.25. The van der Waals surface area contributed by atoms with Gasteiger partial charge in [-0.1, -0.05) is 18.7 Å². The van der Waals surface area contributed by atoms with Crippen LogP contribution in [-0.2, 0) is 16.1 Å². The summed E-state index contributed by atoms with van der Waals surface area (Å²) < 4.78 is 11.3. The number of nitro groups is 1. The summed E-state index contributed by atoms with van der Waals surface area (Å²) in [6.45, 7) is 3.92. The topological polar surface area (TPSA) is 78.7 Å². The van der Waals surface area contributed by atoms with E-state index in [1.54, 1.807) is 30.3 Å². The smallest absolute Gasteiger partial charge is 0.331 e. The second-order valence-corrected chi connectivity index (χ2v) is 6.01. The van der Waals surface area contributed by atoms with E-state index >= 15 is 0 Å². The zero-order chi connectivity index (χ0) is 18.9. The van der Waals surface area contributed by atoms with Crippen LogP contribution in [0.4, 0.5) is 5.69 Å². The van der Waals surface area contributed by atoms with Gasteiger partial charge in [0.05, 0.1) is 9.40 Å². The van der Waals surface area contributed by atoms with Gasteiger partial charge in [-0.25, -0.2) is 4.79 Å². The van der Waals surface area contributed by atoms with Gasteiger partial charge in [-0.15, -0.1) is 0 Å². The van der Waals surface area contributed by atoms with E-state index in [1.807, 2.05) is 6.07 Å². The normalized spacial score (nSPS) is 10.5. The Balaban J connectivity index is 1.96. The number of hydrogen-bond acceptors (Lipinski definition) is 5. The standard InChI is InChI=1S/C19H16BrNO5/c1-2-11-25-19(22)10-6-14-5-9-18(17(20)12-14)26-13-15-3-7-16(8-4-15)21(23)24/h2-10,12H,1,11,13H2/b10-6+. The highest BCUT2D eigenvalue weighted by atomic mass is 79.9. The van der Waals surface area contributed by atoms with Crippen molar-refractivity contribution in [2.75, 3.05) is 6.61 Å². The van der Waals surface area contributed by atoms with E-state index in [9.17, 15) is 14.9 Å². The average Bonchev–Trinajstić information content (AvgIpc) is 2.64. The number of rotatable bonds is 8. The fraction of sp³-hybridized carbons (Fsp3) is 0.105. The van der Waals surface area contributed by atoms with Crippen LogP contribution in [0, 0.1) is 10.1 Å². The lowest BCUT2D eigenvalue weighted by molar-refractivity contribution is -0.384. The number of nitro benzene ring substituents is 1. The zero-order valence-corrected chi connectivity index (χ0v) is 15.3. The van der Waals surface area contributed by atoms with E-state index in [1.165, 1.54) is 24.3 Å². The molecule has 6 nitrogen and oxygen atoms in total. The molecule has 0 aliphatic heterocycles. The third-order valence-corrected chi connectivity index (χ3v) is 3.87. The molecule has 0 unspecified atom stereocenters. The van der Waals surface area contributed by atoms with Crippen LogP contribution in [-0.4, -0.2) is 17.5 Å². The van der Waals surface area contributed by atoms with Gasteiger partial charge in [-0.2, -0.15) is 0 Å². The highest BCUT2D eigenvalue weighted by molar-refractivity contribution is 9.10. The maximum absolute atomic E-state index is 11.4. The predicted octanol–water partition coefficient (Wildman–Crippen LogP) is 4.68. The Bertz CT molecular complexity index is 830. The first-order valence-electron chi connectivity index (χ1n) is 7.61.